The topological polar surface area (TPSA) is 65.5 Å². The number of amides is 1. The molecule has 3 N–H and O–H groups in total. The minimum absolute atomic E-state index is 0. The quantitative estimate of drug-likeness (QED) is 0.358. The van der Waals surface area contributed by atoms with Crippen molar-refractivity contribution in [3.63, 3.8) is 0 Å². The third kappa shape index (κ3) is 8.02. The number of hydrogen-bond donors (Lipinski definition) is 3. The summed E-state index contributed by atoms with van der Waals surface area (Å²) < 4.78 is 0. The number of anilines is 1. The predicted molar refractivity (Wildman–Crippen MR) is 114 cm³/mol. The van der Waals surface area contributed by atoms with Crippen LogP contribution in [0.2, 0.25) is 0 Å². The Balaban J connectivity index is 0.00000312. The Morgan fingerprint density at radius 3 is 2.48 bits per heavy atom. The molecular weight excluding hydrogens is 427 g/mol. The number of benzene rings is 2. The standard InChI is InChI=1S/C19H24N4O.HI/c1-3-20-19(21-13-16-9-7-8-15(2)12-16)22-14-18(24)23-17-10-5-4-6-11-17;/h4-12H,3,13-14H2,1-2H3,(H,23,24)(H2,20,21,22);1H. The van der Waals surface area contributed by atoms with Gasteiger partial charge in [0.1, 0.15) is 0 Å². The number of aliphatic imine (C=N–C) groups is 1. The van der Waals surface area contributed by atoms with Crippen molar-refractivity contribution >= 4 is 41.5 Å². The predicted octanol–water partition coefficient (Wildman–Crippen LogP) is 3.31. The fourth-order valence-corrected chi connectivity index (χ4v) is 2.21. The van der Waals surface area contributed by atoms with E-state index in [0.717, 1.165) is 17.8 Å². The van der Waals surface area contributed by atoms with E-state index >= 15 is 0 Å². The maximum Gasteiger partial charge on any atom is 0.243 e. The molecule has 134 valence electrons. The Bertz CT molecular complexity index is 689. The molecule has 0 bridgehead atoms. The molecule has 0 saturated carbocycles. The number of hydrogen-bond acceptors (Lipinski definition) is 2. The number of carbonyl (C=O) groups excluding carboxylic acids is 1. The smallest absolute Gasteiger partial charge is 0.243 e. The van der Waals surface area contributed by atoms with Crippen LogP contribution in [0.4, 0.5) is 5.69 Å². The van der Waals surface area contributed by atoms with E-state index in [9.17, 15) is 4.79 Å². The third-order valence-corrected chi connectivity index (χ3v) is 3.32. The highest BCUT2D eigenvalue weighted by Crippen LogP contribution is 2.05. The fourth-order valence-electron chi connectivity index (χ4n) is 2.21. The Morgan fingerprint density at radius 1 is 1.04 bits per heavy atom. The van der Waals surface area contributed by atoms with E-state index in [4.69, 9.17) is 0 Å². The van der Waals surface area contributed by atoms with Crippen LogP contribution >= 0.6 is 24.0 Å². The Hall–Kier alpha value is -2.09. The number of guanidine groups is 1. The number of para-hydroxylation sites is 1. The zero-order valence-corrected chi connectivity index (χ0v) is 16.9. The summed E-state index contributed by atoms with van der Waals surface area (Å²) in [6.07, 6.45) is 0. The van der Waals surface area contributed by atoms with Gasteiger partial charge in [-0.3, -0.25) is 4.79 Å². The van der Waals surface area contributed by atoms with Gasteiger partial charge in [-0.2, -0.15) is 0 Å². The number of rotatable bonds is 6. The Kier molecular flexibility index (Phi) is 9.61. The van der Waals surface area contributed by atoms with Gasteiger partial charge in [-0.1, -0.05) is 48.0 Å². The highest BCUT2D eigenvalue weighted by molar-refractivity contribution is 14.0. The second-order valence-corrected chi connectivity index (χ2v) is 5.45. The van der Waals surface area contributed by atoms with E-state index in [2.05, 4.69) is 40.0 Å². The van der Waals surface area contributed by atoms with Crippen LogP contribution in [0.3, 0.4) is 0 Å². The summed E-state index contributed by atoms with van der Waals surface area (Å²) in [6.45, 7) is 5.52. The summed E-state index contributed by atoms with van der Waals surface area (Å²) in [5, 5.41) is 9.03. The van der Waals surface area contributed by atoms with Crippen molar-refractivity contribution in [1.29, 1.82) is 0 Å². The molecule has 6 heteroatoms. The maximum absolute atomic E-state index is 12.0. The van der Waals surface area contributed by atoms with Crippen molar-refractivity contribution in [2.24, 2.45) is 4.99 Å². The largest absolute Gasteiger partial charge is 0.357 e. The molecule has 2 rings (SSSR count). The van der Waals surface area contributed by atoms with Crippen LogP contribution in [0.15, 0.2) is 59.6 Å². The first-order valence-corrected chi connectivity index (χ1v) is 8.10. The van der Waals surface area contributed by atoms with Crippen molar-refractivity contribution in [3.05, 3.63) is 65.7 Å². The molecule has 0 atom stereocenters. The molecule has 0 aromatic heterocycles. The molecule has 0 unspecified atom stereocenters. The van der Waals surface area contributed by atoms with Gasteiger partial charge in [0, 0.05) is 12.2 Å². The van der Waals surface area contributed by atoms with Crippen LogP contribution in [0.25, 0.3) is 0 Å². The van der Waals surface area contributed by atoms with Gasteiger partial charge in [-0.15, -0.1) is 24.0 Å². The second-order valence-electron chi connectivity index (χ2n) is 5.45. The van der Waals surface area contributed by atoms with Crippen molar-refractivity contribution in [3.8, 4) is 0 Å². The van der Waals surface area contributed by atoms with Gasteiger partial charge in [-0.05, 0) is 31.5 Å². The SMILES string of the molecule is CCNC(=NCc1cccc(C)c1)NCC(=O)Nc1ccccc1.I. The molecule has 2 aromatic carbocycles. The Morgan fingerprint density at radius 2 is 1.80 bits per heavy atom. The first kappa shape index (κ1) is 21.0. The fraction of sp³-hybridized carbons (Fsp3) is 0.263. The Labute approximate surface area is 166 Å². The second kappa shape index (κ2) is 11.5. The van der Waals surface area contributed by atoms with E-state index in [1.54, 1.807) is 0 Å². The molecule has 0 radical (unpaired) electrons. The van der Waals surface area contributed by atoms with Crippen LogP contribution in [0.1, 0.15) is 18.1 Å². The van der Waals surface area contributed by atoms with Gasteiger partial charge in [0.25, 0.3) is 0 Å². The molecule has 0 spiro atoms. The molecule has 5 nitrogen and oxygen atoms in total. The summed E-state index contributed by atoms with van der Waals surface area (Å²) >= 11 is 0. The zero-order chi connectivity index (χ0) is 17.2. The molecule has 1 amide bonds. The van der Waals surface area contributed by atoms with Crippen molar-refractivity contribution in [2.45, 2.75) is 20.4 Å². The summed E-state index contributed by atoms with van der Waals surface area (Å²) in [5.74, 6) is 0.518. The first-order valence-electron chi connectivity index (χ1n) is 8.10. The zero-order valence-electron chi connectivity index (χ0n) is 14.6. The number of halogens is 1. The van der Waals surface area contributed by atoms with Gasteiger partial charge >= 0.3 is 0 Å². The highest BCUT2D eigenvalue weighted by Gasteiger charge is 2.04. The minimum Gasteiger partial charge on any atom is -0.357 e. The lowest BCUT2D eigenvalue weighted by molar-refractivity contribution is -0.115. The summed E-state index contributed by atoms with van der Waals surface area (Å²) in [6, 6.07) is 17.6. The summed E-state index contributed by atoms with van der Waals surface area (Å²) in [7, 11) is 0. The van der Waals surface area contributed by atoms with Crippen LogP contribution < -0.4 is 16.0 Å². The van der Waals surface area contributed by atoms with Crippen molar-refractivity contribution in [1.82, 2.24) is 10.6 Å². The van der Waals surface area contributed by atoms with Gasteiger partial charge in [0.05, 0.1) is 13.1 Å². The van der Waals surface area contributed by atoms with Crippen LogP contribution in [-0.4, -0.2) is 25.0 Å². The lowest BCUT2D eigenvalue weighted by atomic mass is 10.1. The highest BCUT2D eigenvalue weighted by atomic mass is 127. The number of carbonyl (C=O) groups is 1. The molecule has 0 saturated heterocycles. The van der Waals surface area contributed by atoms with Crippen LogP contribution in [0, 0.1) is 6.92 Å². The van der Waals surface area contributed by atoms with E-state index in [1.165, 1.54) is 5.56 Å². The van der Waals surface area contributed by atoms with Crippen molar-refractivity contribution < 1.29 is 4.79 Å². The molecule has 0 heterocycles. The van der Waals surface area contributed by atoms with Gasteiger partial charge in [-0.25, -0.2) is 4.99 Å². The maximum atomic E-state index is 12.0. The van der Waals surface area contributed by atoms with Gasteiger partial charge in [0.2, 0.25) is 5.91 Å². The number of nitrogens with one attached hydrogen (secondary N) is 3. The van der Waals surface area contributed by atoms with E-state index in [-0.39, 0.29) is 36.4 Å². The molecule has 0 aliphatic heterocycles. The van der Waals surface area contributed by atoms with Crippen molar-refractivity contribution in [2.75, 3.05) is 18.4 Å². The number of nitrogens with zero attached hydrogens (tertiary/aromatic N) is 1. The average molecular weight is 452 g/mol. The van der Waals surface area contributed by atoms with E-state index < -0.39 is 0 Å². The summed E-state index contributed by atoms with van der Waals surface area (Å²) in [4.78, 5) is 16.5. The third-order valence-electron chi connectivity index (χ3n) is 3.32. The minimum atomic E-state index is -0.109. The lowest BCUT2D eigenvalue weighted by Crippen LogP contribution is -2.41. The van der Waals surface area contributed by atoms with E-state index in [0.29, 0.717) is 12.5 Å². The molecule has 0 aliphatic rings. The molecule has 0 fully saturated rings. The number of aryl methyl sites for hydroxylation is 1. The van der Waals surface area contributed by atoms with Gasteiger partial charge < -0.3 is 16.0 Å². The molecule has 25 heavy (non-hydrogen) atoms. The van der Waals surface area contributed by atoms with Crippen LogP contribution in [-0.2, 0) is 11.3 Å². The average Bonchev–Trinajstić information content (AvgIpc) is 2.58. The van der Waals surface area contributed by atoms with E-state index in [1.807, 2.05) is 49.4 Å². The molecular formula is C19H25IN4O. The monoisotopic (exact) mass is 452 g/mol. The van der Waals surface area contributed by atoms with Gasteiger partial charge in [0.15, 0.2) is 5.96 Å². The summed E-state index contributed by atoms with van der Waals surface area (Å²) in [5.41, 5.74) is 3.13. The van der Waals surface area contributed by atoms with Crippen LogP contribution in [0.5, 0.6) is 0 Å². The molecule has 0 aliphatic carbocycles. The lowest BCUT2D eigenvalue weighted by Gasteiger charge is -2.11. The first-order chi connectivity index (χ1) is 11.7. The molecule has 2 aromatic rings. The normalized spacial score (nSPS) is 10.6.